The normalized spacial score (nSPS) is 30.8. The molecule has 0 aromatic carbocycles. The van der Waals surface area contributed by atoms with Gasteiger partial charge in [0.1, 0.15) is 6.10 Å². The second-order valence-corrected chi connectivity index (χ2v) is 9.19. The van der Waals surface area contributed by atoms with Crippen molar-refractivity contribution in [3.63, 3.8) is 0 Å². The molecule has 0 amide bonds. The molecular weight excluding hydrogens is 372 g/mol. The molecule has 0 aromatic heterocycles. The van der Waals surface area contributed by atoms with E-state index >= 15 is 0 Å². The number of carboxylic acids is 1. The third-order valence-electron chi connectivity index (χ3n) is 7.25. The van der Waals surface area contributed by atoms with Gasteiger partial charge >= 0.3 is 11.9 Å². The van der Waals surface area contributed by atoms with Crippen molar-refractivity contribution in [2.75, 3.05) is 13.1 Å². The van der Waals surface area contributed by atoms with Crippen LogP contribution in [0.2, 0.25) is 0 Å². The van der Waals surface area contributed by atoms with Crippen LogP contribution < -0.4 is 5.73 Å². The lowest BCUT2D eigenvalue weighted by Gasteiger charge is -2.42. The summed E-state index contributed by atoms with van der Waals surface area (Å²) in [4.78, 5) is 40.1. The highest BCUT2D eigenvalue weighted by Crippen LogP contribution is 2.46. The number of hydrogen-bond donors (Lipinski definition) is 2. The second kappa shape index (κ2) is 9.56. The molecule has 0 radical (unpaired) electrons. The van der Waals surface area contributed by atoms with Crippen LogP contribution in [0.25, 0.3) is 0 Å². The van der Waals surface area contributed by atoms with Crippen molar-refractivity contribution in [1.82, 2.24) is 4.90 Å². The number of nitrogens with two attached hydrogens (primary N) is 1. The summed E-state index contributed by atoms with van der Waals surface area (Å²) >= 11 is 0. The predicted octanol–water partition coefficient (Wildman–Crippen LogP) is 2.50. The molecule has 7 nitrogen and oxygen atoms in total. The first-order chi connectivity index (χ1) is 13.9. The number of esters is 1. The first-order valence-corrected chi connectivity index (χ1v) is 11.3. The molecule has 3 aliphatic rings. The van der Waals surface area contributed by atoms with Crippen LogP contribution in [0.15, 0.2) is 0 Å². The molecule has 1 heterocycles. The Bertz CT molecular complexity index is 610. The highest BCUT2D eigenvalue weighted by Gasteiger charge is 2.62. The van der Waals surface area contributed by atoms with Crippen LogP contribution in [-0.4, -0.2) is 58.5 Å². The lowest BCUT2D eigenvalue weighted by Crippen LogP contribution is -2.65. The molecule has 1 saturated heterocycles. The maximum absolute atomic E-state index is 13.2. The van der Waals surface area contributed by atoms with E-state index in [9.17, 15) is 19.5 Å². The standard InChI is InChI=1S/C22H36N2O5/c1-15(23)20(26)22(21(27)28)18(16-8-4-2-5-9-16)12-13-24(22)14-19(25)29-17-10-6-3-7-11-17/h15-18H,2-14,23H2,1H3,(H,27,28)/t15-,18?,22+/m0/s1. The SMILES string of the molecule is C[C@H](N)C(=O)[C@@]1(C(=O)O)C(C2CCCCC2)CCN1CC(=O)OC1CCCCC1. The van der Waals surface area contributed by atoms with E-state index in [-0.39, 0.29) is 24.5 Å². The summed E-state index contributed by atoms with van der Waals surface area (Å²) in [6, 6.07) is -0.896. The summed E-state index contributed by atoms with van der Waals surface area (Å²) in [5, 5.41) is 10.3. The highest BCUT2D eigenvalue weighted by atomic mass is 16.5. The molecule has 1 aliphatic heterocycles. The highest BCUT2D eigenvalue weighted by molar-refractivity contribution is 6.11. The molecule has 2 aliphatic carbocycles. The quantitative estimate of drug-likeness (QED) is 0.492. The zero-order valence-electron chi connectivity index (χ0n) is 17.6. The van der Waals surface area contributed by atoms with Gasteiger partial charge in [0.05, 0.1) is 12.6 Å². The minimum atomic E-state index is -1.72. The van der Waals surface area contributed by atoms with E-state index in [0.29, 0.717) is 13.0 Å². The number of ketones is 1. The minimum absolute atomic E-state index is 0.0867. The average molecular weight is 409 g/mol. The van der Waals surface area contributed by atoms with Crippen LogP contribution in [-0.2, 0) is 19.1 Å². The van der Waals surface area contributed by atoms with E-state index in [0.717, 1.165) is 64.2 Å². The van der Waals surface area contributed by atoms with Gasteiger partial charge in [-0.15, -0.1) is 0 Å². The van der Waals surface area contributed by atoms with Crippen molar-refractivity contribution < 1.29 is 24.2 Å². The van der Waals surface area contributed by atoms with Crippen molar-refractivity contribution in [3.05, 3.63) is 0 Å². The number of Topliss-reactive ketones (excluding diaryl/α,β-unsaturated/α-hetero) is 1. The number of likely N-dealkylation sites (tertiary alicyclic amines) is 1. The zero-order valence-corrected chi connectivity index (χ0v) is 17.6. The van der Waals surface area contributed by atoms with E-state index in [1.54, 1.807) is 11.8 Å². The maximum Gasteiger partial charge on any atom is 0.332 e. The van der Waals surface area contributed by atoms with Crippen molar-refractivity contribution in [3.8, 4) is 0 Å². The second-order valence-electron chi connectivity index (χ2n) is 9.19. The molecule has 0 spiro atoms. The Morgan fingerprint density at radius 3 is 2.17 bits per heavy atom. The first-order valence-electron chi connectivity index (χ1n) is 11.3. The van der Waals surface area contributed by atoms with Gasteiger partial charge in [0.2, 0.25) is 0 Å². The van der Waals surface area contributed by atoms with Crippen LogP contribution >= 0.6 is 0 Å². The predicted molar refractivity (Wildman–Crippen MR) is 108 cm³/mol. The molecule has 3 rings (SSSR count). The molecule has 0 aromatic rings. The number of ether oxygens (including phenoxy) is 1. The molecule has 2 saturated carbocycles. The number of hydrogen-bond acceptors (Lipinski definition) is 6. The maximum atomic E-state index is 13.2. The van der Waals surface area contributed by atoms with Crippen molar-refractivity contribution in [2.24, 2.45) is 17.6 Å². The van der Waals surface area contributed by atoms with Gasteiger partial charge in [-0.2, -0.15) is 0 Å². The number of carbonyl (C=O) groups excluding carboxylic acids is 2. The Labute approximate surface area is 173 Å². The molecule has 1 unspecified atom stereocenters. The third-order valence-corrected chi connectivity index (χ3v) is 7.25. The largest absolute Gasteiger partial charge is 0.480 e. The van der Waals surface area contributed by atoms with Crippen LogP contribution in [0.4, 0.5) is 0 Å². The number of carbonyl (C=O) groups is 3. The van der Waals surface area contributed by atoms with Gasteiger partial charge in [0.25, 0.3) is 0 Å². The molecule has 164 valence electrons. The molecule has 7 heteroatoms. The number of aliphatic carboxylic acids is 1. The van der Waals surface area contributed by atoms with Gasteiger partial charge in [0.15, 0.2) is 11.3 Å². The fourth-order valence-electron chi connectivity index (χ4n) is 5.88. The summed E-state index contributed by atoms with van der Waals surface area (Å²) in [6.45, 7) is 1.79. The van der Waals surface area contributed by atoms with Crippen molar-refractivity contribution in [1.29, 1.82) is 0 Å². The monoisotopic (exact) mass is 408 g/mol. The summed E-state index contributed by atoms with van der Waals surface area (Å²) in [5.41, 5.74) is 4.20. The van der Waals surface area contributed by atoms with Gasteiger partial charge < -0.3 is 15.6 Å². The number of carboxylic acid groups (broad SMARTS) is 1. The molecule has 3 N–H and O–H groups in total. The Morgan fingerprint density at radius 2 is 1.62 bits per heavy atom. The molecular formula is C22H36N2O5. The zero-order chi connectivity index (χ0) is 21.0. The van der Waals surface area contributed by atoms with Crippen molar-refractivity contribution in [2.45, 2.75) is 95.2 Å². The molecule has 3 atom stereocenters. The summed E-state index contributed by atoms with van der Waals surface area (Å²) < 4.78 is 5.63. The molecule has 3 fully saturated rings. The summed E-state index contributed by atoms with van der Waals surface area (Å²) in [7, 11) is 0. The Balaban J connectivity index is 1.82. The lowest BCUT2D eigenvalue weighted by atomic mass is 9.68. The smallest absolute Gasteiger partial charge is 0.332 e. The Hall–Kier alpha value is -1.47. The van der Waals surface area contributed by atoms with Crippen molar-refractivity contribution >= 4 is 17.7 Å². The Kier molecular flexibility index (Phi) is 7.32. The van der Waals surface area contributed by atoms with Crippen LogP contribution in [0, 0.1) is 11.8 Å². The number of rotatable bonds is 7. The fraction of sp³-hybridized carbons (Fsp3) is 0.864. The van der Waals surface area contributed by atoms with E-state index in [1.807, 2.05) is 0 Å². The van der Waals surface area contributed by atoms with E-state index in [4.69, 9.17) is 10.5 Å². The summed E-state index contributed by atoms with van der Waals surface area (Å²) in [5.74, 6) is -2.20. The van der Waals surface area contributed by atoms with E-state index < -0.39 is 29.3 Å². The van der Waals surface area contributed by atoms with Crippen LogP contribution in [0.3, 0.4) is 0 Å². The lowest BCUT2D eigenvalue weighted by molar-refractivity contribution is -0.164. The van der Waals surface area contributed by atoms with Crippen LogP contribution in [0.5, 0.6) is 0 Å². The Morgan fingerprint density at radius 1 is 1.03 bits per heavy atom. The van der Waals surface area contributed by atoms with E-state index in [2.05, 4.69) is 0 Å². The van der Waals surface area contributed by atoms with Gasteiger partial charge in [-0.25, -0.2) is 4.79 Å². The van der Waals surface area contributed by atoms with Gasteiger partial charge in [-0.1, -0.05) is 38.5 Å². The van der Waals surface area contributed by atoms with Crippen LogP contribution in [0.1, 0.15) is 77.6 Å². The van der Waals surface area contributed by atoms with Gasteiger partial charge in [-0.3, -0.25) is 14.5 Å². The molecule has 0 bridgehead atoms. The van der Waals surface area contributed by atoms with Gasteiger partial charge in [0, 0.05) is 6.54 Å². The van der Waals surface area contributed by atoms with Gasteiger partial charge in [-0.05, 0) is 50.9 Å². The van der Waals surface area contributed by atoms with E-state index in [1.165, 1.54) is 0 Å². The topological polar surface area (TPSA) is 110 Å². The number of nitrogens with zero attached hydrogens (tertiary/aromatic N) is 1. The fourth-order valence-corrected chi connectivity index (χ4v) is 5.88. The third kappa shape index (κ3) is 4.50. The average Bonchev–Trinajstić information content (AvgIpc) is 3.08. The minimum Gasteiger partial charge on any atom is -0.480 e. The summed E-state index contributed by atoms with van der Waals surface area (Å²) in [6.07, 6.45) is 10.7. The molecule has 29 heavy (non-hydrogen) atoms. The first kappa shape index (κ1) is 22.2.